The minimum atomic E-state index is -0.240. The van der Waals surface area contributed by atoms with Crippen LogP contribution in [-0.4, -0.2) is 98.6 Å². The van der Waals surface area contributed by atoms with Gasteiger partial charge in [-0.25, -0.2) is 0 Å². The van der Waals surface area contributed by atoms with E-state index in [0.29, 0.717) is 32.8 Å². The topological polar surface area (TPSA) is 103 Å². The van der Waals surface area contributed by atoms with Gasteiger partial charge in [0.1, 0.15) is 0 Å². The molecule has 0 radical (unpaired) electrons. The van der Waals surface area contributed by atoms with Gasteiger partial charge in [-0.15, -0.1) is 0 Å². The van der Waals surface area contributed by atoms with E-state index in [9.17, 15) is 14.4 Å². The summed E-state index contributed by atoms with van der Waals surface area (Å²) >= 11 is 0. The zero-order valence-corrected chi connectivity index (χ0v) is 17.5. The first kappa shape index (κ1) is 22.6. The van der Waals surface area contributed by atoms with Crippen LogP contribution in [0.25, 0.3) is 0 Å². The highest BCUT2D eigenvalue weighted by Crippen LogP contribution is 2.19. The molecule has 0 aliphatic carbocycles. The van der Waals surface area contributed by atoms with E-state index in [1.165, 1.54) is 0 Å². The molecule has 0 aromatic heterocycles. The molecule has 0 aromatic carbocycles. The van der Waals surface area contributed by atoms with Crippen molar-refractivity contribution in [2.75, 3.05) is 59.0 Å². The van der Waals surface area contributed by atoms with Gasteiger partial charge in [-0.05, 0) is 12.3 Å². The Bertz CT molecular complexity index is 557. The number of rotatable bonds is 7. The lowest BCUT2D eigenvalue weighted by Crippen LogP contribution is -2.57. The van der Waals surface area contributed by atoms with E-state index >= 15 is 0 Å². The smallest absolute Gasteiger partial charge is 0.237 e. The molecule has 0 saturated carbocycles. The monoisotopic (exact) mass is 397 g/mol. The molecule has 2 saturated heterocycles. The maximum atomic E-state index is 12.7. The van der Waals surface area contributed by atoms with Gasteiger partial charge in [-0.3, -0.25) is 24.2 Å². The molecule has 2 aliphatic rings. The van der Waals surface area contributed by atoms with Crippen LogP contribution in [0.15, 0.2) is 0 Å². The zero-order chi connectivity index (χ0) is 20.7. The van der Waals surface area contributed by atoms with E-state index < -0.39 is 0 Å². The van der Waals surface area contributed by atoms with Crippen LogP contribution >= 0.6 is 0 Å². The summed E-state index contributed by atoms with van der Waals surface area (Å²) in [6.07, 6.45) is 0. The molecule has 0 aromatic rings. The molecule has 2 heterocycles. The molecule has 9 nitrogen and oxygen atoms in total. The first-order valence-electron chi connectivity index (χ1n) is 10.0. The summed E-state index contributed by atoms with van der Waals surface area (Å²) in [6, 6.07) is -0.437. The van der Waals surface area contributed by atoms with Gasteiger partial charge in [0.15, 0.2) is 0 Å². The van der Waals surface area contributed by atoms with E-state index in [-0.39, 0.29) is 48.3 Å². The predicted octanol–water partition coefficient (Wildman–Crippen LogP) is -1.21. The van der Waals surface area contributed by atoms with Gasteiger partial charge in [0.25, 0.3) is 0 Å². The SMILES string of the molecule is C[C@@H](C(=O)NC(CNC(=O)CN1CCNC(=O)C1)C(C)(C)C)N1CCOCC1. The van der Waals surface area contributed by atoms with Gasteiger partial charge in [-0.2, -0.15) is 0 Å². The molecule has 2 fully saturated rings. The van der Waals surface area contributed by atoms with Crippen molar-refractivity contribution in [3.63, 3.8) is 0 Å². The second-order valence-electron chi connectivity index (χ2n) is 8.62. The Morgan fingerprint density at radius 2 is 1.89 bits per heavy atom. The molecule has 0 spiro atoms. The summed E-state index contributed by atoms with van der Waals surface area (Å²) in [7, 11) is 0. The van der Waals surface area contributed by atoms with Gasteiger partial charge in [0.05, 0.1) is 38.4 Å². The molecule has 9 heteroatoms. The van der Waals surface area contributed by atoms with Gasteiger partial charge in [0, 0.05) is 32.7 Å². The van der Waals surface area contributed by atoms with E-state index in [1.54, 1.807) is 0 Å². The fourth-order valence-electron chi connectivity index (χ4n) is 3.30. The Kier molecular flexibility index (Phi) is 8.21. The summed E-state index contributed by atoms with van der Waals surface area (Å²) in [5.74, 6) is -0.237. The van der Waals surface area contributed by atoms with E-state index in [2.05, 4.69) is 20.9 Å². The number of piperazine rings is 1. The van der Waals surface area contributed by atoms with Crippen molar-refractivity contribution in [2.24, 2.45) is 5.41 Å². The fraction of sp³-hybridized carbons (Fsp3) is 0.842. The van der Waals surface area contributed by atoms with E-state index in [1.807, 2.05) is 32.6 Å². The molecule has 0 bridgehead atoms. The number of carbonyl (C=O) groups excluding carboxylic acids is 3. The van der Waals surface area contributed by atoms with Crippen molar-refractivity contribution in [3.8, 4) is 0 Å². The summed E-state index contributed by atoms with van der Waals surface area (Å²) in [4.78, 5) is 40.4. The Balaban J connectivity index is 1.84. The van der Waals surface area contributed by atoms with Crippen LogP contribution in [0.4, 0.5) is 0 Å². The Morgan fingerprint density at radius 1 is 1.21 bits per heavy atom. The number of carbonyl (C=O) groups is 3. The first-order valence-corrected chi connectivity index (χ1v) is 10.0. The van der Waals surface area contributed by atoms with E-state index in [0.717, 1.165) is 13.1 Å². The highest BCUT2D eigenvalue weighted by molar-refractivity contribution is 5.83. The molecule has 3 N–H and O–H groups in total. The number of hydrogen-bond acceptors (Lipinski definition) is 6. The van der Waals surface area contributed by atoms with Crippen molar-refractivity contribution < 1.29 is 19.1 Å². The zero-order valence-electron chi connectivity index (χ0n) is 17.5. The first-order chi connectivity index (χ1) is 13.2. The molecular weight excluding hydrogens is 362 g/mol. The van der Waals surface area contributed by atoms with Crippen molar-refractivity contribution >= 4 is 17.7 Å². The lowest BCUT2D eigenvalue weighted by Gasteiger charge is -2.36. The molecule has 2 atom stereocenters. The summed E-state index contributed by atoms with van der Waals surface area (Å²) in [5.41, 5.74) is -0.210. The molecule has 2 rings (SSSR count). The summed E-state index contributed by atoms with van der Waals surface area (Å²) in [5, 5.41) is 8.76. The molecule has 160 valence electrons. The molecule has 2 aliphatic heterocycles. The van der Waals surface area contributed by atoms with Crippen molar-refractivity contribution in [2.45, 2.75) is 39.8 Å². The lowest BCUT2D eigenvalue weighted by molar-refractivity contribution is -0.130. The highest BCUT2D eigenvalue weighted by Gasteiger charge is 2.30. The molecule has 28 heavy (non-hydrogen) atoms. The Labute approximate surface area is 167 Å². The third-order valence-corrected chi connectivity index (χ3v) is 5.32. The van der Waals surface area contributed by atoms with Gasteiger partial charge >= 0.3 is 0 Å². The lowest BCUT2D eigenvalue weighted by atomic mass is 9.86. The largest absolute Gasteiger partial charge is 0.379 e. The van der Waals surface area contributed by atoms with Crippen LogP contribution < -0.4 is 16.0 Å². The number of hydrogen-bond donors (Lipinski definition) is 3. The minimum absolute atomic E-state index is 0.0382. The van der Waals surface area contributed by atoms with Crippen LogP contribution in [0.1, 0.15) is 27.7 Å². The number of morpholine rings is 1. The summed E-state index contributed by atoms with van der Waals surface area (Å²) < 4.78 is 5.35. The number of nitrogens with zero attached hydrogens (tertiary/aromatic N) is 2. The summed E-state index contributed by atoms with van der Waals surface area (Å²) in [6.45, 7) is 12.8. The molecule has 3 amide bonds. The fourth-order valence-corrected chi connectivity index (χ4v) is 3.30. The highest BCUT2D eigenvalue weighted by atomic mass is 16.5. The quantitative estimate of drug-likeness (QED) is 0.498. The van der Waals surface area contributed by atoms with Crippen molar-refractivity contribution in [3.05, 3.63) is 0 Å². The molecular formula is C19H35N5O4. The Morgan fingerprint density at radius 3 is 2.50 bits per heavy atom. The van der Waals surface area contributed by atoms with Crippen LogP contribution in [0.5, 0.6) is 0 Å². The van der Waals surface area contributed by atoms with Crippen LogP contribution in [0, 0.1) is 5.41 Å². The Hall–Kier alpha value is -1.71. The third-order valence-electron chi connectivity index (χ3n) is 5.32. The molecule has 1 unspecified atom stereocenters. The average Bonchev–Trinajstić information content (AvgIpc) is 2.64. The van der Waals surface area contributed by atoms with Crippen molar-refractivity contribution in [1.82, 2.24) is 25.8 Å². The average molecular weight is 398 g/mol. The van der Waals surface area contributed by atoms with Crippen LogP contribution in [0.2, 0.25) is 0 Å². The second kappa shape index (κ2) is 10.2. The maximum Gasteiger partial charge on any atom is 0.237 e. The maximum absolute atomic E-state index is 12.7. The van der Waals surface area contributed by atoms with Crippen molar-refractivity contribution in [1.29, 1.82) is 0 Å². The predicted molar refractivity (Wildman–Crippen MR) is 106 cm³/mol. The van der Waals surface area contributed by atoms with Gasteiger partial charge in [-0.1, -0.05) is 20.8 Å². The second-order valence-corrected chi connectivity index (χ2v) is 8.62. The van der Waals surface area contributed by atoms with E-state index in [4.69, 9.17) is 4.74 Å². The van der Waals surface area contributed by atoms with Gasteiger partial charge in [0.2, 0.25) is 17.7 Å². The van der Waals surface area contributed by atoms with Gasteiger partial charge < -0.3 is 20.7 Å². The minimum Gasteiger partial charge on any atom is -0.379 e. The van der Waals surface area contributed by atoms with Crippen LogP contribution in [-0.2, 0) is 19.1 Å². The van der Waals surface area contributed by atoms with Crippen LogP contribution in [0.3, 0.4) is 0 Å². The standard InChI is InChI=1S/C19H35N5O4/c1-14(24-7-9-28-10-8-24)18(27)22-15(19(2,3)4)11-21-17(26)13-23-6-5-20-16(25)12-23/h14-15H,5-13H2,1-4H3,(H,20,25)(H,21,26)(H,22,27)/t14-,15?/m0/s1. The number of nitrogens with one attached hydrogen (secondary N) is 3. The number of ether oxygens (including phenoxy) is 1. The number of amides is 3. The normalized spacial score (nSPS) is 21.5. The third kappa shape index (κ3) is 7.03.